The number of carbonyl (C=O) groups is 1. The number of hydrogen-bond acceptors (Lipinski definition) is 3. The molecule has 0 aliphatic carbocycles. The minimum absolute atomic E-state index is 0.118. The van der Waals surface area contributed by atoms with E-state index in [1.54, 1.807) is 35.0 Å². The van der Waals surface area contributed by atoms with E-state index in [1.807, 2.05) is 67.4 Å². The normalized spacial score (nSPS) is 11.0. The quantitative estimate of drug-likeness (QED) is 0.397. The Kier molecular flexibility index (Phi) is 5.80. The predicted molar refractivity (Wildman–Crippen MR) is 126 cm³/mol. The maximum atomic E-state index is 13.4. The van der Waals surface area contributed by atoms with E-state index in [0.29, 0.717) is 27.7 Å². The average Bonchev–Trinajstić information content (AvgIpc) is 3.18. The summed E-state index contributed by atoms with van der Waals surface area (Å²) in [5.74, 6) is 0.366. The number of nitrogens with zero attached hydrogens (tertiary/aromatic N) is 3. The first-order valence-corrected chi connectivity index (χ1v) is 10.6. The van der Waals surface area contributed by atoms with Crippen molar-refractivity contribution in [3.05, 3.63) is 98.7 Å². The van der Waals surface area contributed by atoms with Crippen molar-refractivity contribution in [2.45, 2.75) is 20.8 Å². The summed E-state index contributed by atoms with van der Waals surface area (Å²) in [7, 11) is 1.85. The second-order valence-corrected chi connectivity index (χ2v) is 8.14. The molecule has 0 spiro atoms. The van der Waals surface area contributed by atoms with E-state index in [2.05, 4.69) is 0 Å². The summed E-state index contributed by atoms with van der Waals surface area (Å²) in [6, 6.07) is 18.2. The molecule has 0 radical (unpaired) electrons. The largest absolute Gasteiger partial charge is 0.485 e. The van der Waals surface area contributed by atoms with E-state index in [9.17, 15) is 9.59 Å². The first-order chi connectivity index (χ1) is 15.3. The summed E-state index contributed by atoms with van der Waals surface area (Å²) in [4.78, 5) is 26.4. The molecule has 0 atom stereocenters. The number of ether oxygens (including phenoxy) is 1. The fourth-order valence-corrected chi connectivity index (χ4v) is 4.16. The van der Waals surface area contributed by atoms with Crippen molar-refractivity contribution in [2.24, 2.45) is 7.05 Å². The second-order valence-electron chi connectivity index (χ2n) is 7.70. The Balaban J connectivity index is 1.71. The number of para-hydroxylation sites is 1. The third-order valence-electron chi connectivity index (χ3n) is 5.64. The molecule has 2 heterocycles. The molecule has 32 heavy (non-hydrogen) atoms. The molecule has 2 aromatic heterocycles. The molecule has 0 amide bonds. The van der Waals surface area contributed by atoms with Crippen LogP contribution in [0.15, 0.2) is 65.5 Å². The zero-order chi connectivity index (χ0) is 23.0. The van der Waals surface area contributed by atoms with Crippen molar-refractivity contribution in [3.8, 4) is 17.1 Å². The monoisotopic (exact) mass is 449 g/mol. The maximum Gasteiger partial charge on any atom is 0.295 e. The Morgan fingerprint density at radius 2 is 1.69 bits per heavy atom. The number of benzene rings is 2. The summed E-state index contributed by atoms with van der Waals surface area (Å²) in [5.41, 5.74) is 4.00. The van der Waals surface area contributed by atoms with Crippen LogP contribution in [0.4, 0.5) is 0 Å². The van der Waals surface area contributed by atoms with Crippen molar-refractivity contribution in [2.75, 3.05) is 6.61 Å². The highest BCUT2D eigenvalue weighted by Crippen LogP contribution is 2.23. The van der Waals surface area contributed by atoms with Gasteiger partial charge in [-0.05, 0) is 57.2 Å². The molecule has 4 aromatic rings. The van der Waals surface area contributed by atoms with Gasteiger partial charge in [-0.2, -0.15) is 0 Å². The number of halogens is 1. The number of hydrogen-bond donors (Lipinski definition) is 0. The number of Topliss-reactive ketones (excluding diaryl/α,β-unsaturated/α-hetero) is 1. The molecule has 2 aromatic carbocycles. The van der Waals surface area contributed by atoms with Crippen molar-refractivity contribution in [3.63, 3.8) is 0 Å². The number of aryl methyl sites for hydroxylation is 1. The molecule has 0 unspecified atom stereocenters. The number of rotatable bonds is 6. The Bertz CT molecular complexity index is 1360. The van der Waals surface area contributed by atoms with Crippen LogP contribution in [0, 0.1) is 20.8 Å². The summed E-state index contributed by atoms with van der Waals surface area (Å²) >= 11 is 5.98. The van der Waals surface area contributed by atoms with Gasteiger partial charge in [-0.3, -0.25) is 14.3 Å². The lowest BCUT2D eigenvalue weighted by atomic mass is 10.1. The van der Waals surface area contributed by atoms with Crippen LogP contribution in [0.25, 0.3) is 11.4 Å². The lowest BCUT2D eigenvalue weighted by molar-refractivity contribution is 0.0921. The zero-order valence-corrected chi connectivity index (χ0v) is 19.2. The lowest BCUT2D eigenvalue weighted by Gasteiger charge is -2.09. The third-order valence-corrected chi connectivity index (χ3v) is 5.88. The highest BCUT2D eigenvalue weighted by Gasteiger charge is 2.23. The van der Waals surface area contributed by atoms with Crippen molar-refractivity contribution < 1.29 is 9.53 Å². The Hall–Kier alpha value is -3.51. The van der Waals surface area contributed by atoms with Gasteiger partial charge in [0.2, 0.25) is 5.78 Å². The van der Waals surface area contributed by atoms with Crippen LogP contribution in [0.3, 0.4) is 0 Å². The average molecular weight is 450 g/mol. The van der Waals surface area contributed by atoms with Gasteiger partial charge >= 0.3 is 0 Å². The van der Waals surface area contributed by atoms with Gasteiger partial charge in [-0.15, -0.1) is 0 Å². The van der Waals surface area contributed by atoms with Crippen LogP contribution >= 0.6 is 11.6 Å². The zero-order valence-electron chi connectivity index (χ0n) is 18.4. The Morgan fingerprint density at radius 1 is 0.969 bits per heavy atom. The van der Waals surface area contributed by atoms with E-state index in [4.69, 9.17) is 16.3 Å². The van der Waals surface area contributed by atoms with E-state index in [0.717, 1.165) is 17.1 Å². The lowest BCUT2D eigenvalue weighted by Crippen LogP contribution is -2.22. The van der Waals surface area contributed by atoms with Gasteiger partial charge in [0.1, 0.15) is 11.4 Å². The molecule has 7 heteroatoms. The van der Waals surface area contributed by atoms with Crippen LogP contribution in [0.5, 0.6) is 5.75 Å². The van der Waals surface area contributed by atoms with Gasteiger partial charge in [-0.25, -0.2) is 4.68 Å². The van der Waals surface area contributed by atoms with Crippen LogP contribution in [0.2, 0.25) is 5.02 Å². The molecular formula is C25H24ClN3O3. The van der Waals surface area contributed by atoms with E-state index < -0.39 is 0 Å². The van der Waals surface area contributed by atoms with Crippen LogP contribution in [0.1, 0.15) is 27.4 Å². The van der Waals surface area contributed by atoms with E-state index in [-0.39, 0.29) is 17.9 Å². The van der Waals surface area contributed by atoms with E-state index in [1.165, 1.54) is 0 Å². The molecule has 4 rings (SSSR count). The molecule has 0 N–H and O–H groups in total. The predicted octanol–water partition coefficient (Wildman–Crippen LogP) is 4.81. The van der Waals surface area contributed by atoms with E-state index >= 15 is 0 Å². The SMILES string of the molecule is Cc1cc(C(=O)COc2cccc(Cl)c2)c(C)n1-c1c(C)n(C)n(-c2ccccc2)c1=O. The maximum absolute atomic E-state index is 13.4. The fraction of sp³-hybridized carbons (Fsp3) is 0.200. The summed E-state index contributed by atoms with van der Waals surface area (Å²) in [6.07, 6.45) is 0. The minimum Gasteiger partial charge on any atom is -0.485 e. The molecule has 0 aliphatic heterocycles. The molecule has 164 valence electrons. The van der Waals surface area contributed by atoms with Crippen LogP contribution < -0.4 is 10.3 Å². The first kappa shape index (κ1) is 21.7. The Morgan fingerprint density at radius 3 is 2.38 bits per heavy atom. The van der Waals surface area contributed by atoms with Crippen molar-refractivity contribution >= 4 is 17.4 Å². The van der Waals surface area contributed by atoms with Crippen LogP contribution in [-0.4, -0.2) is 26.3 Å². The molecule has 6 nitrogen and oxygen atoms in total. The van der Waals surface area contributed by atoms with Crippen LogP contribution in [-0.2, 0) is 7.05 Å². The van der Waals surface area contributed by atoms with Gasteiger partial charge < -0.3 is 9.30 Å². The number of aromatic nitrogens is 3. The summed E-state index contributed by atoms with van der Waals surface area (Å²) < 4.78 is 10.9. The molecule has 0 saturated carbocycles. The fourth-order valence-electron chi connectivity index (χ4n) is 3.98. The number of ketones is 1. The standard InChI is InChI=1S/C25H24ClN3O3/c1-16-13-22(23(30)15-32-21-12-8-9-19(26)14-21)17(2)28(16)24-18(3)27(4)29(25(24)31)20-10-6-5-7-11-20/h5-14H,15H2,1-4H3. The molecule has 0 fully saturated rings. The highest BCUT2D eigenvalue weighted by atomic mass is 35.5. The van der Waals surface area contributed by atoms with Gasteiger partial charge in [0.15, 0.2) is 6.61 Å². The molecular weight excluding hydrogens is 426 g/mol. The van der Waals surface area contributed by atoms with Crippen molar-refractivity contribution in [1.82, 2.24) is 13.9 Å². The number of carbonyl (C=O) groups excluding carboxylic acids is 1. The summed E-state index contributed by atoms with van der Waals surface area (Å²) in [5, 5.41) is 0.544. The molecule has 0 saturated heterocycles. The minimum atomic E-state index is -0.165. The van der Waals surface area contributed by atoms with Gasteiger partial charge in [0, 0.05) is 29.0 Å². The first-order valence-electron chi connectivity index (χ1n) is 10.2. The van der Waals surface area contributed by atoms with Crippen molar-refractivity contribution in [1.29, 1.82) is 0 Å². The second kappa shape index (κ2) is 8.55. The van der Waals surface area contributed by atoms with Gasteiger partial charge in [0.25, 0.3) is 5.56 Å². The van der Waals surface area contributed by atoms with Gasteiger partial charge in [-0.1, -0.05) is 35.9 Å². The third kappa shape index (κ3) is 3.78. The molecule has 0 bridgehead atoms. The summed E-state index contributed by atoms with van der Waals surface area (Å²) in [6.45, 7) is 5.52. The Labute approximate surface area is 191 Å². The highest BCUT2D eigenvalue weighted by molar-refractivity contribution is 6.30. The topological polar surface area (TPSA) is 58.2 Å². The smallest absolute Gasteiger partial charge is 0.295 e. The molecule has 0 aliphatic rings. The van der Waals surface area contributed by atoms with Gasteiger partial charge in [0.05, 0.1) is 11.4 Å².